The zero-order valence-corrected chi connectivity index (χ0v) is 16.6. The lowest BCUT2D eigenvalue weighted by Crippen LogP contribution is -2.22. The molecule has 0 fully saturated rings. The molecule has 0 unspecified atom stereocenters. The first-order valence-corrected chi connectivity index (χ1v) is 8.80. The van der Waals surface area contributed by atoms with Gasteiger partial charge in [-0.1, -0.05) is 12.1 Å². The fourth-order valence-corrected chi connectivity index (χ4v) is 2.73. The fourth-order valence-electron chi connectivity index (χ4n) is 2.73. The summed E-state index contributed by atoms with van der Waals surface area (Å²) in [5, 5.41) is 2.50. The van der Waals surface area contributed by atoms with E-state index < -0.39 is 30.4 Å². The molecule has 0 bridgehead atoms. The van der Waals surface area contributed by atoms with Gasteiger partial charge in [-0.15, -0.1) is 0 Å². The van der Waals surface area contributed by atoms with Crippen LogP contribution in [-0.4, -0.2) is 49.1 Å². The third-order valence-corrected chi connectivity index (χ3v) is 4.06. The SMILES string of the molecule is CCOC(=O)c1[nH]c(C)c(C(=O)OCC(=O)Nc2ccccc2C(=O)OC)c1C. The maximum atomic E-state index is 12.4. The number of benzene rings is 1. The number of para-hydroxylation sites is 1. The van der Waals surface area contributed by atoms with Gasteiger partial charge in [0.1, 0.15) is 5.69 Å². The standard InChI is InChI=1S/C20H22N2O7/c1-5-28-20(26)17-11(2)16(12(3)21-17)19(25)29-10-15(23)22-14-9-7-6-8-13(14)18(24)27-4/h6-9,21H,5,10H2,1-4H3,(H,22,23). The van der Waals surface area contributed by atoms with Crippen LogP contribution in [0.2, 0.25) is 0 Å². The average Bonchev–Trinajstić information content (AvgIpc) is 3.00. The van der Waals surface area contributed by atoms with Crippen LogP contribution in [0.25, 0.3) is 0 Å². The van der Waals surface area contributed by atoms with E-state index in [0.29, 0.717) is 11.3 Å². The second kappa shape index (κ2) is 9.54. The minimum Gasteiger partial charge on any atom is -0.465 e. The van der Waals surface area contributed by atoms with E-state index in [1.165, 1.54) is 19.2 Å². The molecule has 0 aliphatic carbocycles. The van der Waals surface area contributed by atoms with Gasteiger partial charge in [0.25, 0.3) is 5.91 Å². The van der Waals surface area contributed by atoms with Gasteiger partial charge in [-0.2, -0.15) is 0 Å². The number of carbonyl (C=O) groups excluding carboxylic acids is 4. The number of aromatic amines is 1. The van der Waals surface area contributed by atoms with Crippen molar-refractivity contribution in [3.05, 3.63) is 52.3 Å². The third kappa shape index (κ3) is 5.01. The Labute approximate surface area is 167 Å². The Morgan fingerprint density at radius 1 is 1.00 bits per heavy atom. The van der Waals surface area contributed by atoms with Crippen LogP contribution >= 0.6 is 0 Å². The number of methoxy groups -OCH3 is 1. The Bertz CT molecular complexity index is 946. The summed E-state index contributed by atoms with van der Waals surface area (Å²) < 4.78 is 14.7. The van der Waals surface area contributed by atoms with Gasteiger partial charge in [0, 0.05) is 5.69 Å². The molecule has 1 amide bonds. The van der Waals surface area contributed by atoms with Gasteiger partial charge < -0.3 is 24.5 Å². The molecule has 0 spiro atoms. The maximum absolute atomic E-state index is 12.4. The summed E-state index contributed by atoms with van der Waals surface area (Å²) in [6.07, 6.45) is 0. The molecule has 29 heavy (non-hydrogen) atoms. The molecular formula is C20H22N2O7. The fraction of sp³-hybridized carbons (Fsp3) is 0.300. The first kappa shape index (κ1) is 21.7. The van der Waals surface area contributed by atoms with Gasteiger partial charge in [-0.25, -0.2) is 14.4 Å². The Kier molecular flexibility index (Phi) is 7.13. The van der Waals surface area contributed by atoms with Crippen molar-refractivity contribution in [3.8, 4) is 0 Å². The zero-order valence-electron chi connectivity index (χ0n) is 16.6. The number of nitrogens with one attached hydrogen (secondary N) is 2. The van der Waals surface area contributed by atoms with Crippen LogP contribution in [0.15, 0.2) is 24.3 Å². The minimum absolute atomic E-state index is 0.160. The summed E-state index contributed by atoms with van der Waals surface area (Å²) >= 11 is 0. The Morgan fingerprint density at radius 3 is 2.34 bits per heavy atom. The van der Waals surface area contributed by atoms with Crippen LogP contribution in [0.4, 0.5) is 5.69 Å². The molecule has 1 heterocycles. The summed E-state index contributed by atoms with van der Waals surface area (Å²) in [5.74, 6) is -2.58. The van der Waals surface area contributed by atoms with Crippen LogP contribution in [0.1, 0.15) is 49.4 Å². The summed E-state index contributed by atoms with van der Waals surface area (Å²) in [7, 11) is 1.23. The second-order valence-electron chi connectivity index (χ2n) is 6.01. The Hall–Kier alpha value is -3.62. The molecule has 1 aromatic carbocycles. The number of aromatic nitrogens is 1. The maximum Gasteiger partial charge on any atom is 0.355 e. The highest BCUT2D eigenvalue weighted by atomic mass is 16.5. The van der Waals surface area contributed by atoms with E-state index in [-0.39, 0.29) is 29.1 Å². The van der Waals surface area contributed by atoms with Gasteiger partial charge in [0.15, 0.2) is 6.61 Å². The first-order valence-electron chi connectivity index (χ1n) is 8.80. The number of carbonyl (C=O) groups is 4. The number of anilines is 1. The number of esters is 3. The van der Waals surface area contributed by atoms with Gasteiger partial charge in [-0.3, -0.25) is 4.79 Å². The lowest BCUT2D eigenvalue weighted by Gasteiger charge is -2.10. The van der Waals surface area contributed by atoms with Gasteiger partial charge in [0.2, 0.25) is 0 Å². The quantitative estimate of drug-likeness (QED) is 0.538. The van der Waals surface area contributed by atoms with E-state index >= 15 is 0 Å². The van der Waals surface area contributed by atoms with E-state index in [0.717, 1.165) is 0 Å². The second-order valence-corrected chi connectivity index (χ2v) is 6.01. The smallest absolute Gasteiger partial charge is 0.355 e. The summed E-state index contributed by atoms with van der Waals surface area (Å²) in [5.41, 5.74) is 1.53. The minimum atomic E-state index is -0.761. The highest BCUT2D eigenvalue weighted by molar-refractivity contribution is 6.03. The highest BCUT2D eigenvalue weighted by Crippen LogP contribution is 2.20. The topological polar surface area (TPSA) is 124 Å². The van der Waals surface area contributed by atoms with Crippen LogP contribution in [0.3, 0.4) is 0 Å². The lowest BCUT2D eigenvalue weighted by atomic mass is 10.1. The van der Waals surface area contributed by atoms with Crippen molar-refractivity contribution in [1.29, 1.82) is 0 Å². The predicted molar refractivity (Wildman–Crippen MR) is 103 cm³/mol. The van der Waals surface area contributed by atoms with Crippen molar-refractivity contribution in [2.45, 2.75) is 20.8 Å². The van der Waals surface area contributed by atoms with Crippen molar-refractivity contribution in [3.63, 3.8) is 0 Å². The molecule has 1 aromatic heterocycles. The molecule has 0 aliphatic heterocycles. The number of hydrogen-bond acceptors (Lipinski definition) is 7. The molecular weight excluding hydrogens is 380 g/mol. The third-order valence-electron chi connectivity index (χ3n) is 4.06. The van der Waals surface area contributed by atoms with Gasteiger partial charge >= 0.3 is 17.9 Å². The van der Waals surface area contributed by atoms with Gasteiger partial charge in [0.05, 0.1) is 30.5 Å². The monoisotopic (exact) mass is 402 g/mol. The molecule has 0 aliphatic rings. The molecule has 154 valence electrons. The number of H-pyrrole nitrogens is 1. The van der Waals surface area contributed by atoms with Gasteiger partial charge in [-0.05, 0) is 38.5 Å². The average molecular weight is 402 g/mol. The van der Waals surface area contributed by atoms with Crippen molar-refractivity contribution >= 4 is 29.5 Å². The normalized spacial score (nSPS) is 10.2. The molecule has 9 nitrogen and oxygen atoms in total. The largest absolute Gasteiger partial charge is 0.465 e. The van der Waals surface area contributed by atoms with Crippen molar-refractivity contribution in [2.24, 2.45) is 0 Å². The molecule has 0 atom stereocenters. The van der Waals surface area contributed by atoms with E-state index in [4.69, 9.17) is 9.47 Å². The lowest BCUT2D eigenvalue weighted by molar-refractivity contribution is -0.119. The number of ether oxygens (including phenoxy) is 3. The summed E-state index contributed by atoms with van der Waals surface area (Å²) in [4.78, 5) is 51.0. The van der Waals surface area contributed by atoms with Crippen molar-refractivity contribution in [1.82, 2.24) is 4.98 Å². The van der Waals surface area contributed by atoms with Crippen LogP contribution < -0.4 is 5.32 Å². The van der Waals surface area contributed by atoms with E-state index in [1.54, 1.807) is 32.9 Å². The highest BCUT2D eigenvalue weighted by Gasteiger charge is 2.24. The van der Waals surface area contributed by atoms with Crippen molar-refractivity contribution in [2.75, 3.05) is 25.6 Å². The number of amides is 1. The number of hydrogen-bond donors (Lipinski definition) is 2. The zero-order chi connectivity index (χ0) is 21.6. The number of aryl methyl sites for hydroxylation is 1. The molecule has 2 N–H and O–H groups in total. The molecule has 0 radical (unpaired) electrons. The molecule has 9 heteroatoms. The summed E-state index contributed by atoms with van der Waals surface area (Å²) in [6.45, 7) is 4.49. The first-order chi connectivity index (χ1) is 13.8. The Morgan fingerprint density at radius 2 is 1.69 bits per heavy atom. The van der Waals surface area contributed by atoms with Crippen molar-refractivity contribution < 1.29 is 33.4 Å². The number of rotatable bonds is 7. The van der Waals surface area contributed by atoms with Crippen LogP contribution in [0.5, 0.6) is 0 Å². The molecule has 0 saturated heterocycles. The van der Waals surface area contributed by atoms with E-state index in [2.05, 4.69) is 15.0 Å². The Balaban J connectivity index is 2.06. The van der Waals surface area contributed by atoms with Crippen LogP contribution in [0, 0.1) is 13.8 Å². The van der Waals surface area contributed by atoms with E-state index in [1.807, 2.05) is 0 Å². The predicted octanol–water partition coefficient (Wildman–Crippen LogP) is 2.39. The molecule has 2 aromatic rings. The molecule has 0 saturated carbocycles. The van der Waals surface area contributed by atoms with Crippen LogP contribution in [-0.2, 0) is 19.0 Å². The molecule has 2 rings (SSSR count). The summed E-state index contributed by atoms with van der Waals surface area (Å²) in [6, 6.07) is 6.28. The van der Waals surface area contributed by atoms with E-state index in [9.17, 15) is 19.2 Å².